The van der Waals surface area contributed by atoms with Crippen LogP contribution < -0.4 is 0 Å². The molecule has 0 aliphatic carbocycles. The summed E-state index contributed by atoms with van der Waals surface area (Å²) in [6.45, 7) is 7.13. The molecule has 0 spiro atoms. The summed E-state index contributed by atoms with van der Waals surface area (Å²) in [6, 6.07) is 2.14. The molecular weight excluding hydrogens is 198 g/mol. The van der Waals surface area contributed by atoms with E-state index in [0.29, 0.717) is 30.1 Å². The van der Waals surface area contributed by atoms with Crippen LogP contribution in [0.2, 0.25) is 0 Å². The molecule has 4 nitrogen and oxygen atoms in total. The Bertz CT molecular complexity index is 189. The molecule has 0 amide bonds. The number of ether oxygens (including phenoxy) is 3. The van der Waals surface area contributed by atoms with Gasteiger partial charge in [0, 0.05) is 19.8 Å². The van der Waals surface area contributed by atoms with Crippen LogP contribution >= 0.6 is 0 Å². The topological polar surface area (TPSA) is 51.5 Å². The third-order valence-electron chi connectivity index (χ3n) is 1.75. The van der Waals surface area contributed by atoms with E-state index in [4.69, 9.17) is 19.5 Å². The molecule has 0 N–H and O–H groups in total. The minimum Gasteiger partial charge on any atom is -0.360 e. The maximum Gasteiger partial charge on any atom is 0.195 e. The molecule has 82 valence electrons. The quantitative estimate of drug-likeness (QED) is 0.445. The fourth-order valence-electron chi connectivity index (χ4n) is 1.12. The summed E-state index contributed by atoms with van der Waals surface area (Å²) >= 11 is 0. The largest absolute Gasteiger partial charge is 0.360 e. The minimum atomic E-state index is -0.888. The number of nitrogens with zero attached hydrogens (tertiary/aromatic N) is 1. The second-order valence-corrected chi connectivity index (χ2v) is 4.38. The van der Waals surface area contributed by atoms with Crippen molar-refractivity contribution in [1.29, 1.82) is 5.26 Å². The van der Waals surface area contributed by atoms with E-state index in [2.05, 4.69) is 6.07 Å². The van der Waals surface area contributed by atoms with E-state index in [1.54, 1.807) is 0 Å². The Balaban J connectivity index is 4.48. The van der Waals surface area contributed by atoms with Gasteiger partial charge in [0.15, 0.2) is 11.5 Å². The molecule has 0 aliphatic heterocycles. The average molecular weight is 217 g/mol. The van der Waals surface area contributed by atoms with Gasteiger partial charge in [-0.05, 0) is 20.8 Å². The predicted molar refractivity (Wildman–Crippen MR) is 56.9 cm³/mol. The lowest BCUT2D eigenvalue weighted by Gasteiger charge is -2.30. The van der Waals surface area contributed by atoms with Crippen LogP contribution in [0.3, 0.4) is 0 Å². The zero-order chi connectivity index (χ0) is 11.0. The highest BCUT2D eigenvalue weighted by Gasteiger charge is 2.36. The maximum absolute atomic E-state index is 9.04. The van der Waals surface area contributed by atoms with Crippen molar-refractivity contribution in [3.8, 4) is 6.07 Å². The molecule has 0 aromatic carbocycles. The Kier molecular flexibility index (Phi) is 6.75. The van der Waals surface area contributed by atoms with Gasteiger partial charge in [0.05, 0.1) is 16.3 Å². The van der Waals surface area contributed by atoms with Gasteiger partial charge in [0.1, 0.15) is 0 Å². The number of hydrogen-bond donors (Lipinski definition) is 0. The highest BCUT2D eigenvalue weighted by Crippen LogP contribution is 2.16. The van der Waals surface area contributed by atoms with Gasteiger partial charge in [-0.25, -0.2) is 0 Å². The maximum atomic E-state index is 9.04. The molecule has 1 atom stereocenters. The Morgan fingerprint density at radius 2 is 1.71 bits per heavy atom. The van der Waals surface area contributed by atoms with Crippen LogP contribution in [0.25, 0.3) is 0 Å². The van der Waals surface area contributed by atoms with E-state index in [1.807, 2.05) is 20.8 Å². The molecule has 0 aliphatic rings. The molecule has 1 unspecified atom stereocenters. The Morgan fingerprint density at radius 3 is 2.00 bits per heavy atom. The van der Waals surface area contributed by atoms with Crippen molar-refractivity contribution >= 4 is 10.2 Å². The molecule has 0 saturated heterocycles. The van der Waals surface area contributed by atoms with Crippen LogP contribution in [-0.4, -0.2) is 41.6 Å². The van der Waals surface area contributed by atoms with Gasteiger partial charge in [0.25, 0.3) is 0 Å². The van der Waals surface area contributed by atoms with Crippen molar-refractivity contribution in [2.45, 2.75) is 32.3 Å². The summed E-state index contributed by atoms with van der Waals surface area (Å²) in [7, 11) is 0.557. The third-order valence-corrected chi connectivity index (χ3v) is 2.74. The standard InChI is InChI=1S/C9H19NO3Si/c1-4-11-8(12-5-2)9(14,7-10)13-6-3/h8H,4-6H2,1-3,14H3. The summed E-state index contributed by atoms with van der Waals surface area (Å²) < 4.78 is 16.1. The monoisotopic (exact) mass is 217 g/mol. The van der Waals surface area contributed by atoms with Gasteiger partial charge in [0.2, 0.25) is 0 Å². The normalized spacial score (nSPS) is 15.4. The molecule has 0 heterocycles. The lowest BCUT2D eigenvalue weighted by molar-refractivity contribution is -0.202. The molecule has 0 aromatic heterocycles. The first-order valence-electron chi connectivity index (χ1n) is 4.93. The first-order chi connectivity index (χ1) is 6.64. The molecule has 14 heavy (non-hydrogen) atoms. The molecular formula is C9H19NO3Si. The summed E-state index contributed by atoms with van der Waals surface area (Å²) in [6.07, 6.45) is -0.561. The summed E-state index contributed by atoms with van der Waals surface area (Å²) in [4.78, 5) is 0. The third kappa shape index (κ3) is 3.76. The highest BCUT2D eigenvalue weighted by molar-refractivity contribution is 6.17. The molecule has 0 aromatic rings. The number of nitriles is 1. The van der Waals surface area contributed by atoms with Crippen molar-refractivity contribution in [1.82, 2.24) is 0 Å². The SMILES string of the molecule is CCOC(OCC)C([SiH3])(C#N)OCC. The fraction of sp³-hybridized carbons (Fsp3) is 0.889. The van der Waals surface area contributed by atoms with Gasteiger partial charge in [-0.15, -0.1) is 0 Å². The molecule has 5 heteroatoms. The summed E-state index contributed by atoms with van der Waals surface area (Å²) in [5.74, 6) is 0. The van der Waals surface area contributed by atoms with Gasteiger partial charge in [-0.2, -0.15) is 5.26 Å². The number of hydrogen-bond acceptors (Lipinski definition) is 4. The molecule has 0 rings (SSSR count). The number of rotatable bonds is 7. The zero-order valence-corrected chi connectivity index (χ0v) is 11.4. The molecule has 0 fully saturated rings. The smallest absolute Gasteiger partial charge is 0.195 e. The fourth-order valence-corrected chi connectivity index (χ4v) is 1.74. The molecule has 0 saturated carbocycles. The van der Waals surface area contributed by atoms with Gasteiger partial charge >= 0.3 is 0 Å². The van der Waals surface area contributed by atoms with E-state index in [-0.39, 0.29) is 0 Å². The Hall–Kier alpha value is -0.413. The second-order valence-electron chi connectivity index (χ2n) is 2.89. The van der Waals surface area contributed by atoms with E-state index in [0.717, 1.165) is 0 Å². The molecule has 0 bridgehead atoms. The van der Waals surface area contributed by atoms with Gasteiger partial charge < -0.3 is 14.2 Å². The van der Waals surface area contributed by atoms with E-state index < -0.39 is 11.5 Å². The van der Waals surface area contributed by atoms with Crippen molar-refractivity contribution in [2.24, 2.45) is 0 Å². The van der Waals surface area contributed by atoms with Crippen LogP contribution in [0.15, 0.2) is 0 Å². The van der Waals surface area contributed by atoms with Crippen LogP contribution in [0, 0.1) is 11.3 Å². The second kappa shape index (κ2) is 6.96. The van der Waals surface area contributed by atoms with Crippen LogP contribution in [-0.2, 0) is 14.2 Å². The first kappa shape index (κ1) is 13.6. The lowest BCUT2D eigenvalue weighted by atomic mass is 10.3. The average Bonchev–Trinajstić information content (AvgIpc) is 2.18. The van der Waals surface area contributed by atoms with Gasteiger partial charge in [-0.3, -0.25) is 0 Å². The summed E-state index contributed by atoms with van der Waals surface area (Å²) in [5.41, 5.74) is 0. The minimum absolute atomic E-state index is 0.494. The van der Waals surface area contributed by atoms with Crippen molar-refractivity contribution in [2.75, 3.05) is 19.8 Å². The van der Waals surface area contributed by atoms with Crippen molar-refractivity contribution < 1.29 is 14.2 Å². The molecule has 0 radical (unpaired) electrons. The van der Waals surface area contributed by atoms with Gasteiger partial charge in [-0.1, -0.05) is 0 Å². The van der Waals surface area contributed by atoms with E-state index >= 15 is 0 Å². The van der Waals surface area contributed by atoms with E-state index in [9.17, 15) is 0 Å². The Labute approximate surface area is 88.6 Å². The van der Waals surface area contributed by atoms with Crippen LogP contribution in [0.1, 0.15) is 20.8 Å². The van der Waals surface area contributed by atoms with Crippen LogP contribution in [0.4, 0.5) is 0 Å². The first-order valence-corrected chi connectivity index (χ1v) is 5.93. The Morgan fingerprint density at radius 1 is 1.21 bits per heavy atom. The lowest BCUT2D eigenvalue weighted by Crippen LogP contribution is -2.47. The predicted octanol–water partition coefficient (Wildman–Crippen LogP) is 0.00728. The zero-order valence-electron chi connectivity index (χ0n) is 9.37. The summed E-state index contributed by atoms with van der Waals surface area (Å²) in [5, 5.41) is 8.15. The van der Waals surface area contributed by atoms with E-state index in [1.165, 1.54) is 0 Å². The van der Waals surface area contributed by atoms with Crippen LogP contribution in [0.5, 0.6) is 0 Å². The van der Waals surface area contributed by atoms with Crippen molar-refractivity contribution in [3.63, 3.8) is 0 Å². The van der Waals surface area contributed by atoms with Crippen molar-refractivity contribution in [3.05, 3.63) is 0 Å². The highest BCUT2D eigenvalue weighted by atomic mass is 28.1.